The molecule has 0 aliphatic carbocycles. The van der Waals surface area contributed by atoms with E-state index >= 15 is 0 Å². The molecule has 0 aliphatic rings. The lowest BCUT2D eigenvalue weighted by atomic mass is 10.3. The number of alkyl halides is 1. The fraction of sp³-hybridized carbons (Fsp3) is 1.00. The van der Waals surface area contributed by atoms with Gasteiger partial charge in [-0.25, -0.2) is 0 Å². The second-order valence-electron chi connectivity index (χ2n) is 4.67. The van der Waals surface area contributed by atoms with Crippen molar-refractivity contribution in [2.45, 2.75) is 32.7 Å². The zero-order chi connectivity index (χ0) is 14.3. The first-order chi connectivity index (χ1) is 9.22. The first kappa shape index (κ1) is 19.3. The molecule has 19 heavy (non-hydrogen) atoms. The SMILES string of the molecule is CCCCOCCOCCOCCN(C)C(C)CBr. The molecule has 0 heterocycles. The molecule has 0 saturated heterocycles. The number of hydrogen-bond acceptors (Lipinski definition) is 4. The Hall–Kier alpha value is 0.320. The normalized spacial score (nSPS) is 13.1. The van der Waals surface area contributed by atoms with Crippen LogP contribution in [0.1, 0.15) is 26.7 Å². The fourth-order valence-electron chi connectivity index (χ4n) is 1.34. The third-order valence-electron chi connectivity index (χ3n) is 2.95. The molecule has 0 aromatic carbocycles. The van der Waals surface area contributed by atoms with E-state index in [0.717, 1.165) is 31.5 Å². The van der Waals surface area contributed by atoms with E-state index in [0.29, 0.717) is 32.5 Å². The minimum Gasteiger partial charge on any atom is -0.379 e. The maximum atomic E-state index is 5.52. The Morgan fingerprint density at radius 2 is 1.47 bits per heavy atom. The Bertz CT molecular complexity index is 184. The summed E-state index contributed by atoms with van der Waals surface area (Å²) in [6, 6.07) is 0.542. The van der Waals surface area contributed by atoms with Crippen molar-refractivity contribution in [3.8, 4) is 0 Å². The van der Waals surface area contributed by atoms with Gasteiger partial charge in [-0.1, -0.05) is 29.3 Å². The van der Waals surface area contributed by atoms with Crippen LogP contribution < -0.4 is 0 Å². The topological polar surface area (TPSA) is 30.9 Å². The quantitative estimate of drug-likeness (QED) is 0.359. The summed E-state index contributed by atoms with van der Waals surface area (Å²) < 4.78 is 16.3. The van der Waals surface area contributed by atoms with Gasteiger partial charge in [-0.2, -0.15) is 0 Å². The molecule has 0 aromatic heterocycles. The van der Waals surface area contributed by atoms with Gasteiger partial charge in [0.05, 0.1) is 33.0 Å². The first-order valence-corrected chi connectivity index (χ1v) is 8.34. The zero-order valence-corrected chi connectivity index (χ0v) is 14.3. The predicted octanol–water partition coefficient (Wildman–Crippen LogP) is 2.55. The zero-order valence-electron chi connectivity index (χ0n) is 12.7. The Balaban J connectivity index is 3.10. The lowest BCUT2D eigenvalue weighted by Gasteiger charge is -2.22. The minimum atomic E-state index is 0.542. The minimum absolute atomic E-state index is 0.542. The highest BCUT2D eigenvalue weighted by Gasteiger charge is 2.06. The second kappa shape index (κ2) is 14.7. The highest BCUT2D eigenvalue weighted by Crippen LogP contribution is 1.98. The van der Waals surface area contributed by atoms with E-state index in [-0.39, 0.29) is 0 Å². The van der Waals surface area contributed by atoms with Gasteiger partial charge in [-0.3, -0.25) is 0 Å². The van der Waals surface area contributed by atoms with Crippen LogP contribution in [0.4, 0.5) is 0 Å². The molecule has 0 radical (unpaired) electrons. The van der Waals surface area contributed by atoms with Crippen molar-refractivity contribution < 1.29 is 14.2 Å². The van der Waals surface area contributed by atoms with Gasteiger partial charge in [0, 0.05) is 24.5 Å². The van der Waals surface area contributed by atoms with Gasteiger partial charge in [0.2, 0.25) is 0 Å². The lowest BCUT2D eigenvalue weighted by Crippen LogP contribution is -2.33. The van der Waals surface area contributed by atoms with Crippen molar-refractivity contribution in [3.05, 3.63) is 0 Å². The van der Waals surface area contributed by atoms with E-state index in [1.54, 1.807) is 0 Å². The third kappa shape index (κ3) is 13.1. The third-order valence-corrected chi connectivity index (χ3v) is 3.89. The molecular weight excluding hydrogens is 310 g/mol. The molecule has 0 aromatic rings. The number of ether oxygens (including phenoxy) is 3. The van der Waals surface area contributed by atoms with Crippen molar-refractivity contribution in [2.24, 2.45) is 0 Å². The molecule has 5 heteroatoms. The largest absolute Gasteiger partial charge is 0.379 e. The maximum absolute atomic E-state index is 5.52. The molecule has 4 nitrogen and oxygen atoms in total. The molecule has 0 fully saturated rings. The van der Waals surface area contributed by atoms with E-state index in [9.17, 15) is 0 Å². The summed E-state index contributed by atoms with van der Waals surface area (Å²) in [5.74, 6) is 0. The Kier molecular flexibility index (Phi) is 15.0. The summed E-state index contributed by atoms with van der Waals surface area (Å²) in [7, 11) is 2.11. The smallest absolute Gasteiger partial charge is 0.0701 e. The van der Waals surface area contributed by atoms with Gasteiger partial charge >= 0.3 is 0 Å². The summed E-state index contributed by atoms with van der Waals surface area (Å²) in [4.78, 5) is 2.27. The second-order valence-corrected chi connectivity index (χ2v) is 5.32. The van der Waals surface area contributed by atoms with Crippen molar-refractivity contribution in [3.63, 3.8) is 0 Å². The molecule has 0 bridgehead atoms. The molecule has 116 valence electrons. The fourth-order valence-corrected chi connectivity index (χ4v) is 1.83. The van der Waals surface area contributed by atoms with Gasteiger partial charge in [0.25, 0.3) is 0 Å². The molecule has 0 saturated carbocycles. The average molecular weight is 340 g/mol. The van der Waals surface area contributed by atoms with Crippen LogP contribution in [0.2, 0.25) is 0 Å². The molecule has 0 spiro atoms. The van der Waals surface area contributed by atoms with Crippen molar-refractivity contribution >= 4 is 15.9 Å². The molecule has 1 unspecified atom stereocenters. The van der Waals surface area contributed by atoms with Crippen molar-refractivity contribution in [2.75, 3.05) is 58.6 Å². The van der Waals surface area contributed by atoms with E-state index < -0.39 is 0 Å². The summed E-state index contributed by atoms with van der Waals surface area (Å²) in [5.41, 5.74) is 0. The molecular formula is C14H30BrNO3. The summed E-state index contributed by atoms with van der Waals surface area (Å²) in [5, 5.41) is 0.991. The van der Waals surface area contributed by atoms with Crippen molar-refractivity contribution in [1.82, 2.24) is 4.90 Å². The Morgan fingerprint density at radius 1 is 0.947 bits per heavy atom. The van der Waals surface area contributed by atoms with Crippen molar-refractivity contribution in [1.29, 1.82) is 0 Å². The molecule has 0 amide bonds. The lowest BCUT2D eigenvalue weighted by molar-refractivity contribution is 0.0102. The summed E-state index contributed by atoms with van der Waals surface area (Å²) >= 11 is 3.47. The van der Waals surface area contributed by atoms with Gasteiger partial charge in [-0.15, -0.1) is 0 Å². The molecule has 0 aliphatic heterocycles. The van der Waals surface area contributed by atoms with Gasteiger partial charge in [0.15, 0.2) is 0 Å². The van der Waals surface area contributed by atoms with Crippen LogP contribution in [0, 0.1) is 0 Å². The van der Waals surface area contributed by atoms with Crippen LogP contribution >= 0.6 is 15.9 Å². The highest BCUT2D eigenvalue weighted by atomic mass is 79.9. The number of likely N-dealkylation sites (N-methyl/N-ethyl adjacent to an activating group) is 1. The molecule has 0 rings (SSSR count). The number of nitrogens with zero attached hydrogens (tertiary/aromatic N) is 1. The Labute approximate surface area is 126 Å². The van der Waals surface area contributed by atoms with Gasteiger partial charge in [0.1, 0.15) is 0 Å². The molecule has 1 atom stereocenters. The van der Waals surface area contributed by atoms with E-state index in [4.69, 9.17) is 14.2 Å². The highest BCUT2D eigenvalue weighted by molar-refractivity contribution is 9.09. The van der Waals surface area contributed by atoms with Gasteiger partial charge in [-0.05, 0) is 20.4 Å². The number of rotatable bonds is 14. The van der Waals surface area contributed by atoms with E-state index in [1.165, 1.54) is 6.42 Å². The van der Waals surface area contributed by atoms with Crippen LogP contribution in [-0.2, 0) is 14.2 Å². The van der Waals surface area contributed by atoms with Gasteiger partial charge < -0.3 is 19.1 Å². The average Bonchev–Trinajstić information content (AvgIpc) is 2.43. The predicted molar refractivity (Wildman–Crippen MR) is 83.3 cm³/mol. The van der Waals surface area contributed by atoms with Crippen LogP contribution in [0.3, 0.4) is 0 Å². The van der Waals surface area contributed by atoms with Crippen LogP contribution in [0.15, 0.2) is 0 Å². The standard InChI is InChI=1S/C14H30BrNO3/c1-4-5-7-17-9-11-19-12-10-18-8-6-16(3)14(2)13-15/h14H,4-13H2,1-3H3. The number of unbranched alkanes of at least 4 members (excludes halogenated alkanes) is 1. The van der Waals surface area contributed by atoms with Crippen LogP contribution in [0.25, 0.3) is 0 Å². The summed E-state index contributed by atoms with van der Waals surface area (Å²) in [6.07, 6.45) is 2.31. The summed E-state index contributed by atoms with van der Waals surface area (Å²) in [6.45, 7) is 9.55. The number of hydrogen-bond donors (Lipinski definition) is 0. The number of halogens is 1. The van der Waals surface area contributed by atoms with Crippen LogP contribution in [0.5, 0.6) is 0 Å². The van der Waals surface area contributed by atoms with E-state index in [2.05, 4.69) is 41.7 Å². The Morgan fingerprint density at radius 3 is 2.00 bits per heavy atom. The maximum Gasteiger partial charge on any atom is 0.0701 e. The van der Waals surface area contributed by atoms with E-state index in [1.807, 2.05) is 0 Å². The molecule has 0 N–H and O–H groups in total. The monoisotopic (exact) mass is 339 g/mol. The first-order valence-electron chi connectivity index (χ1n) is 7.21. The van der Waals surface area contributed by atoms with Crippen LogP contribution in [-0.4, -0.2) is 69.5 Å².